The smallest absolute Gasteiger partial charge is 0.231 e. The third-order valence-electron chi connectivity index (χ3n) is 3.36. The molecule has 0 fully saturated rings. The van der Waals surface area contributed by atoms with Crippen LogP contribution in [-0.2, 0) is 11.2 Å². The van der Waals surface area contributed by atoms with E-state index in [1.54, 1.807) is 37.4 Å². The van der Waals surface area contributed by atoms with Crippen molar-refractivity contribution in [1.82, 2.24) is 0 Å². The number of ether oxygens (including phenoxy) is 2. The van der Waals surface area contributed by atoms with Gasteiger partial charge in [0.05, 0.1) is 6.42 Å². The van der Waals surface area contributed by atoms with Crippen molar-refractivity contribution in [3.63, 3.8) is 0 Å². The van der Waals surface area contributed by atoms with E-state index >= 15 is 0 Å². The molecule has 4 nitrogen and oxygen atoms in total. The molecule has 1 amide bonds. The summed E-state index contributed by atoms with van der Waals surface area (Å²) in [4.78, 5) is 13.8. The quantitative estimate of drug-likeness (QED) is 0.871. The van der Waals surface area contributed by atoms with Crippen LogP contribution >= 0.6 is 0 Å². The van der Waals surface area contributed by atoms with Crippen molar-refractivity contribution in [2.45, 2.75) is 6.42 Å². The summed E-state index contributed by atoms with van der Waals surface area (Å²) in [5, 5.41) is 0. The highest BCUT2D eigenvalue weighted by Crippen LogP contribution is 2.35. The topological polar surface area (TPSA) is 38.8 Å². The fourth-order valence-electron chi connectivity index (χ4n) is 2.18. The van der Waals surface area contributed by atoms with Crippen molar-refractivity contribution in [3.8, 4) is 11.5 Å². The molecule has 0 bridgehead atoms. The minimum Gasteiger partial charge on any atom is -0.454 e. The molecule has 0 saturated carbocycles. The second-order valence-electron chi connectivity index (χ2n) is 4.80. The van der Waals surface area contributed by atoms with Crippen LogP contribution in [0.25, 0.3) is 0 Å². The molecule has 2 aromatic rings. The van der Waals surface area contributed by atoms with E-state index in [4.69, 9.17) is 9.47 Å². The second-order valence-corrected chi connectivity index (χ2v) is 4.80. The monoisotopic (exact) mass is 287 g/mol. The van der Waals surface area contributed by atoms with Crippen LogP contribution in [0.5, 0.6) is 11.5 Å². The number of fused-ring (bicyclic) bond motifs is 1. The van der Waals surface area contributed by atoms with Gasteiger partial charge in [0, 0.05) is 18.8 Å². The number of likely N-dealkylation sites (N-methyl/N-ethyl adjacent to an activating group) is 1. The molecule has 1 heterocycles. The lowest BCUT2D eigenvalue weighted by atomic mass is 10.1. The van der Waals surface area contributed by atoms with Crippen molar-refractivity contribution in [3.05, 3.63) is 53.8 Å². The number of halogens is 1. The molecule has 0 N–H and O–H groups in total. The summed E-state index contributed by atoms with van der Waals surface area (Å²) in [7, 11) is 1.68. The molecule has 1 aliphatic heterocycles. The summed E-state index contributed by atoms with van der Waals surface area (Å²) < 4.78 is 23.7. The molecule has 1 aliphatic rings. The SMILES string of the molecule is CN(C(=O)Cc1cccc(F)c1)c1ccc2c(c1)OCO2. The Kier molecular flexibility index (Phi) is 3.48. The molecular weight excluding hydrogens is 273 g/mol. The highest BCUT2D eigenvalue weighted by molar-refractivity contribution is 5.94. The number of benzene rings is 2. The maximum atomic E-state index is 13.1. The molecule has 21 heavy (non-hydrogen) atoms. The van der Waals surface area contributed by atoms with E-state index in [-0.39, 0.29) is 24.9 Å². The Morgan fingerprint density at radius 1 is 1.19 bits per heavy atom. The van der Waals surface area contributed by atoms with Crippen molar-refractivity contribution in [2.75, 3.05) is 18.7 Å². The van der Waals surface area contributed by atoms with Crippen LogP contribution in [0.15, 0.2) is 42.5 Å². The van der Waals surface area contributed by atoms with E-state index in [0.717, 1.165) is 0 Å². The summed E-state index contributed by atoms with van der Waals surface area (Å²) in [6.07, 6.45) is 0.142. The van der Waals surface area contributed by atoms with Gasteiger partial charge in [-0.1, -0.05) is 12.1 Å². The van der Waals surface area contributed by atoms with E-state index in [1.807, 2.05) is 0 Å². The van der Waals surface area contributed by atoms with E-state index in [0.29, 0.717) is 22.7 Å². The third-order valence-corrected chi connectivity index (χ3v) is 3.36. The van der Waals surface area contributed by atoms with Crippen molar-refractivity contribution < 1.29 is 18.7 Å². The van der Waals surface area contributed by atoms with Gasteiger partial charge in [0.15, 0.2) is 11.5 Å². The second kappa shape index (κ2) is 5.44. The summed E-state index contributed by atoms with van der Waals surface area (Å²) in [5.41, 5.74) is 1.35. The highest BCUT2D eigenvalue weighted by Gasteiger charge is 2.17. The van der Waals surface area contributed by atoms with Gasteiger partial charge in [0.2, 0.25) is 12.7 Å². The number of hydrogen-bond acceptors (Lipinski definition) is 3. The Balaban J connectivity index is 1.75. The van der Waals surface area contributed by atoms with E-state index in [9.17, 15) is 9.18 Å². The molecular formula is C16H14FNO3. The molecule has 0 atom stereocenters. The maximum absolute atomic E-state index is 13.1. The normalized spacial score (nSPS) is 12.3. The number of rotatable bonds is 3. The molecule has 2 aromatic carbocycles. The first-order valence-electron chi connectivity index (χ1n) is 6.54. The van der Waals surface area contributed by atoms with Gasteiger partial charge in [-0.25, -0.2) is 4.39 Å². The zero-order chi connectivity index (χ0) is 14.8. The van der Waals surface area contributed by atoms with Gasteiger partial charge in [-0.2, -0.15) is 0 Å². The number of hydrogen-bond donors (Lipinski definition) is 0. The summed E-state index contributed by atoms with van der Waals surface area (Å²) in [5.74, 6) is 0.827. The first-order chi connectivity index (χ1) is 10.1. The van der Waals surface area contributed by atoms with Gasteiger partial charge in [-0.05, 0) is 29.8 Å². The van der Waals surface area contributed by atoms with E-state index < -0.39 is 0 Å². The van der Waals surface area contributed by atoms with Gasteiger partial charge >= 0.3 is 0 Å². The van der Waals surface area contributed by atoms with Crippen LogP contribution in [0.4, 0.5) is 10.1 Å². The molecule has 3 rings (SSSR count). The van der Waals surface area contributed by atoms with Gasteiger partial charge in [0.1, 0.15) is 5.82 Å². The fourth-order valence-corrected chi connectivity index (χ4v) is 2.18. The molecule has 0 aromatic heterocycles. The fraction of sp³-hybridized carbons (Fsp3) is 0.188. The lowest BCUT2D eigenvalue weighted by molar-refractivity contribution is -0.117. The maximum Gasteiger partial charge on any atom is 0.231 e. The predicted octanol–water partition coefficient (Wildman–Crippen LogP) is 2.76. The van der Waals surface area contributed by atoms with Crippen LogP contribution in [-0.4, -0.2) is 19.7 Å². The molecule has 0 radical (unpaired) electrons. The van der Waals surface area contributed by atoms with Gasteiger partial charge < -0.3 is 14.4 Å². The van der Waals surface area contributed by atoms with Crippen molar-refractivity contribution in [1.29, 1.82) is 0 Å². The van der Waals surface area contributed by atoms with Crippen LogP contribution in [0.2, 0.25) is 0 Å². The summed E-state index contributed by atoms with van der Waals surface area (Å²) >= 11 is 0. The van der Waals surface area contributed by atoms with Crippen molar-refractivity contribution in [2.24, 2.45) is 0 Å². The molecule has 5 heteroatoms. The lowest BCUT2D eigenvalue weighted by Gasteiger charge is -2.17. The number of nitrogens with zero attached hydrogens (tertiary/aromatic N) is 1. The van der Waals surface area contributed by atoms with Crippen LogP contribution in [0.1, 0.15) is 5.56 Å². The molecule has 108 valence electrons. The van der Waals surface area contributed by atoms with Crippen molar-refractivity contribution >= 4 is 11.6 Å². The lowest BCUT2D eigenvalue weighted by Crippen LogP contribution is -2.27. The Morgan fingerprint density at radius 3 is 2.81 bits per heavy atom. The first kappa shape index (κ1) is 13.4. The summed E-state index contributed by atoms with van der Waals surface area (Å²) in [6, 6.07) is 11.4. The number of amides is 1. The summed E-state index contributed by atoms with van der Waals surface area (Å²) in [6.45, 7) is 0.194. The standard InChI is InChI=1S/C16H14FNO3/c1-18(13-5-6-14-15(9-13)21-10-20-14)16(19)8-11-3-2-4-12(17)7-11/h2-7,9H,8,10H2,1H3. The Hall–Kier alpha value is -2.56. The van der Waals surface area contributed by atoms with Gasteiger partial charge in [0.25, 0.3) is 0 Å². The van der Waals surface area contributed by atoms with Crippen LogP contribution < -0.4 is 14.4 Å². The molecule has 0 aliphatic carbocycles. The van der Waals surface area contributed by atoms with Crippen LogP contribution in [0, 0.1) is 5.82 Å². The number of carbonyl (C=O) groups is 1. The Bertz CT molecular complexity index is 687. The van der Waals surface area contributed by atoms with Gasteiger partial charge in [-0.3, -0.25) is 4.79 Å². The first-order valence-corrected chi connectivity index (χ1v) is 6.54. The van der Waals surface area contributed by atoms with Gasteiger partial charge in [-0.15, -0.1) is 0 Å². The Morgan fingerprint density at radius 2 is 2.00 bits per heavy atom. The molecule has 0 saturated heterocycles. The molecule has 0 spiro atoms. The minimum absolute atomic E-state index is 0.125. The van der Waals surface area contributed by atoms with E-state index in [2.05, 4.69) is 0 Å². The zero-order valence-corrected chi connectivity index (χ0v) is 11.5. The zero-order valence-electron chi connectivity index (χ0n) is 11.5. The average Bonchev–Trinajstić information content (AvgIpc) is 2.93. The number of carbonyl (C=O) groups excluding carboxylic acids is 1. The number of anilines is 1. The highest BCUT2D eigenvalue weighted by atomic mass is 19.1. The predicted molar refractivity (Wildman–Crippen MR) is 76.1 cm³/mol. The Labute approximate surface area is 121 Å². The average molecular weight is 287 g/mol. The molecule has 0 unspecified atom stereocenters. The van der Waals surface area contributed by atoms with Crippen LogP contribution in [0.3, 0.4) is 0 Å². The third kappa shape index (κ3) is 2.81. The minimum atomic E-state index is -0.342. The van der Waals surface area contributed by atoms with E-state index in [1.165, 1.54) is 17.0 Å². The largest absolute Gasteiger partial charge is 0.454 e.